The van der Waals surface area contributed by atoms with Gasteiger partial charge >= 0.3 is 0 Å². The number of ether oxygens (including phenoxy) is 1. The fourth-order valence-corrected chi connectivity index (χ4v) is 3.03. The first-order chi connectivity index (χ1) is 10.4. The van der Waals surface area contributed by atoms with E-state index in [0.29, 0.717) is 29.7 Å². The van der Waals surface area contributed by atoms with Gasteiger partial charge in [0.05, 0.1) is 10.4 Å². The zero-order valence-corrected chi connectivity index (χ0v) is 14.5. The van der Waals surface area contributed by atoms with Gasteiger partial charge in [0, 0.05) is 13.0 Å². The Morgan fingerprint density at radius 3 is 2.77 bits per heavy atom. The van der Waals surface area contributed by atoms with Crippen LogP contribution in [0.2, 0.25) is 5.02 Å². The number of likely N-dealkylation sites (tertiary alicyclic amines) is 1. The molecule has 122 valence electrons. The molecule has 1 fully saturated rings. The van der Waals surface area contributed by atoms with Crippen molar-refractivity contribution in [3.63, 3.8) is 0 Å². The molecule has 0 amide bonds. The van der Waals surface area contributed by atoms with Gasteiger partial charge in [0.1, 0.15) is 18.1 Å². The highest BCUT2D eigenvalue weighted by molar-refractivity contribution is 6.32. The Bertz CT molecular complexity index is 516. The van der Waals surface area contributed by atoms with Gasteiger partial charge < -0.3 is 9.64 Å². The third kappa shape index (κ3) is 4.72. The molecule has 22 heavy (non-hydrogen) atoms. The van der Waals surface area contributed by atoms with Crippen molar-refractivity contribution < 1.29 is 9.53 Å². The lowest BCUT2D eigenvalue weighted by molar-refractivity contribution is -0.128. The largest absolute Gasteiger partial charge is 0.491 e. The molecule has 0 aromatic heterocycles. The SMILES string of the molecule is CN1CC[C@@H](CCC(=O)C(C)(C)COc2ccccc2Cl)C1. The number of carbonyl (C=O) groups is 1. The van der Waals surface area contributed by atoms with Crippen LogP contribution in [0.3, 0.4) is 0 Å². The number of halogens is 1. The van der Waals surface area contributed by atoms with Gasteiger partial charge in [-0.3, -0.25) is 4.79 Å². The Hall–Kier alpha value is -1.06. The number of nitrogens with zero attached hydrogens (tertiary/aromatic N) is 1. The van der Waals surface area contributed by atoms with Crippen LogP contribution >= 0.6 is 11.6 Å². The van der Waals surface area contributed by atoms with Crippen LogP contribution in [0.4, 0.5) is 0 Å². The minimum atomic E-state index is -0.482. The van der Waals surface area contributed by atoms with Crippen LogP contribution in [-0.4, -0.2) is 37.4 Å². The molecule has 3 nitrogen and oxygen atoms in total. The van der Waals surface area contributed by atoms with Gasteiger partial charge in [-0.05, 0) is 58.3 Å². The topological polar surface area (TPSA) is 29.5 Å². The summed E-state index contributed by atoms with van der Waals surface area (Å²) in [5.41, 5.74) is -0.482. The molecule has 1 saturated heterocycles. The van der Waals surface area contributed by atoms with E-state index in [2.05, 4.69) is 11.9 Å². The van der Waals surface area contributed by atoms with Crippen LogP contribution in [0.5, 0.6) is 5.75 Å². The molecule has 2 rings (SSSR count). The van der Waals surface area contributed by atoms with E-state index >= 15 is 0 Å². The third-order valence-electron chi connectivity index (χ3n) is 4.45. The summed E-state index contributed by atoms with van der Waals surface area (Å²) < 4.78 is 5.75. The first-order valence-corrected chi connectivity index (χ1v) is 8.35. The number of hydrogen-bond donors (Lipinski definition) is 0. The third-order valence-corrected chi connectivity index (χ3v) is 4.76. The lowest BCUT2D eigenvalue weighted by Crippen LogP contribution is -2.31. The van der Waals surface area contributed by atoms with Crippen LogP contribution < -0.4 is 4.74 Å². The molecule has 1 heterocycles. The van der Waals surface area contributed by atoms with E-state index in [1.165, 1.54) is 6.42 Å². The number of Topliss-reactive ketones (excluding diaryl/α,β-unsaturated/α-hetero) is 1. The zero-order chi connectivity index (χ0) is 16.2. The van der Waals surface area contributed by atoms with Crippen molar-refractivity contribution in [1.29, 1.82) is 0 Å². The first-order valence-electron chi connectivity index (χ1n) is 7.97. The van der Waals surface area contributed by atoms with Crippen molar-refractivity contribution in [2.24, 2.45) is 11.3 Å². The number of rotatable bonds is 7. The summed E-state index contributed by atoms with van der Waals surface area (Å²) in [6, 6.07) is 7.37. The van der Waals surface area contributed by atoms with Crippen molar-refractivity contribution in [1.82, 2.24) is 4.90 Å². The summed E-state index contributed by atoms with van der Waals surface area (Å²) in [5.74, 6) is 1.57. The second-order valence-corrected chi connectivity index (χ2v) is 7.39. The van der Waals surface area contributed by atoms with Crippen LogP contribution in [0.15, 0.2) is 24.3 Å². The van der Waals surface area contributed by atoms with Gasteiger partial charge in [-0.15, -0.1) is 0 Å². The minimum Gasteiger partial charge on any atom is -0.491 e. The molecule has 0 spiro atoms. The number of hydrogen-bond acceptors (Lipinski definition) is 3. The zero-order valence-electron chi connectivity index (χ0n) is 13.8. The highest BCUT2D eigenvalue weighted by atomic mass is 35.5. The van der Waals surface area contributed by atoms with E-state index in [0.717, 1.165) is 19.5 Å². The van der Waals surface area contributed by atoms with E-state index in [-0.39, 0.29) is 5.78 Å². The van der Waals surface area contributed by atoms with Crippen molar-refractivity contribution in [3.05, 3.63) is 29.3 Å². The molecule has 0 saturated carbocycles. The summed E-state index contributed by atoms with van der Waals surface area (Å²) in [7, 11) is 2.14. The molecule has 1 aliphatic heterocycles. The van der Waals surface area contributed by atoms with Gasteiger partial charge in [-0.25, -0.2) is 0 Å². The molecular formula is C18H26ClNO2. The number of carbonyl (C=O) groups excluding carboxylic acids is 1. The molecule has 4 heteroatoms. The van der Waals surface area contributed by atoms with Gasteiger partial charge in [0.15, 0.2) is 0 Å². The maximum absolute atomic E-state index is 12.5. The number of benzene rings is 1. The molecular weight excluding hydrogens is 298 g/mol. The second kappa shape index (κ2) is 7.47. The highest BCUT2D eigenvalue weighted by Crippen LogP contribution is 2.28. The summed E-state index contributed by atoms with van der Waals surface area (Å²) in [6.07, 6.45) is 2.83. The second-order valence-electron chi connectivity index (χ2n) is 6.98. The molecule has 1 aromatic carbocycles. The Morgan fingerprint density at radius 2 is 2.14 bits per heavy atom. The van der Waals surface area contributed by atoms with Gasteiger partial charge in [0.25, 0.3) is 0 Å². The fourth-order valence-electron chi connectivity index (χ4n) is 2.84. The Morgan fingerprint density at radius 1 is 1.41 bits per heavy atom. The molecule has 1 atom stereocenters. The summed E-state index contributed by atoms with van der Waals surface area (Å²) in [4.78, 5) is 14.8. The standard InChI is InChI=1S/C18H26ClNO2/c1-18(2,13-22-16-7-5-4-6-15(16)19)17(21)9-8-14-10-11-20(3)12-14/h4-7,14H,8-13H2,1-3H3/t14-/m1/s1. The smallest absolute Gasteiger partial charge is 0.141 e. The van der Waals surface area contributed by atoms with Gasteiger partial charge in [-0.2, -0.15) is 0 Å². The average molecular weight is 324 g/mol. The molecule has 0 aliphatic carbocycles. The first kappa shape index (κ1) is 17.3. The van der Waals surface area contributed by atoms with Crippen molar-refractivity contribution in [2.75, 3.05) is 26.7 Å². The maximum atomic E-state index is 12.5. The molecule has 0 N–H and O–H groups in total. The van der Waals surface area contributed by atoms with E-state index in [4.69, 9.17) is 16.3 Å². The van der Waals surface area contributed by atoms with Crippen molar-refractivity contribution >= 4 is 17.4 Å². The van der Waals surface area contributed by atoms with Gasteiger partial charge in [0.2, 0.25) is 0 Å². The predicted octanol–water partition coefficient (Wildman–Crippen LogP) is 4.05. The summed E-state index contributed by atoms with van der Waals surface area (Å²) >= 11 is 6.08. The fraction of sp³-hybridized carbons (Fsp3) is 0.611. The van der Waals surface area contributed by atoms with Crippen LogP contribution in [0.25, 0.3) is 0 Å². The highest BCUT2D eigenvalue weighted by Gasteiger charge is 2.30. The van der Waals surface area contributed by atoms with Crippen LogP contribution in [0, 0.1) is 11.3 Å². The molecule has 0 unspecified atom stereocenters. The van der Waals surface area contributed by atoms with Crippen LogP contribution in [0.1, 0.15) is 33.1 Å². The predicted molar refractivity (Wildman–Crippen MR) is 90.6 cm³/mol. The molecule has 0 bridgehead atoms. The van der Waals surface area contributed by atoms with E-state index in [1.807, 2.05) is 32.0 Å². The quantitative estimate of drug-likeness (QED) is 0.758. The van der Waals surface area contributed by atoms with E-state index < -0.39 is 5.41 Å². The maximum Gasteiger partial charge on any atom is 0.141 e. The van der Waals surface area contributed by atoms with Crippen molar-refractivity contribution in [2.45, 2.75) is 33.1 Å². The lowest BCUT2D eigenvalue weighted by Gasteiger charge is -2.24. The minimum absolute atomic E-state index is 0.272. The lowest BCUT2D eigenvalue weighted by atomic mass is 9.85. The molecule has 1 aliphatic rings. The number of ketones is 1. The van der Waals surface area contributed by atoms with Crippen LogP contribution in [-0.2, 0) is 4.79 Å². The monoisotopic (exact) mass is 323 g/mol. The average Bonchev–Trinajstić information content (AvgIpc) is 2.89. The molecule has 1 aromatic rings. The Balaban J connectivity index is 1.81. The van der Waals surface area contributed by atoms with Crippen molar-refractivity contribution in [3.8, 4) is 5.75 Å². The summed E-state index contributed by atoms with van der Waals surface area (Å²) in [5, 5.41) is 0.583. The van der Waals surface area contributed by atoms with E-state index in [1.54, 1.807) is 6.07 Å². The molecule has 0 radical (unpaired) electrons. The normalized spacial score (nSPS) is 19.4. The number of para-hydroxylation sites is 1. The van der Waals surface area contributed by atoms with Gasteiger partial charge in [-0.1, -0.05) is 23.7 Å². The van der Waals surface area contributed by atoms with E-state index in [9.17, 15) is 4.79 Å². The Labute approximate surface area is 138 Å². The Kier molecular flexibility index (Phi) is 5.87. The summed E-state index contributed by atoms with van der Waals surface area (Å²) in [6.45, 7) is 6.53.